The zero-order chi connectivity index (χ0) is 13.7. The molecule has 0 aliphatic carbocycles. The number of hydrogen-bond acceptors (Lipinski definition) is 4. The van der Waals surface area contributed by atoms with Gasteiger partial charge in [0.05, 0.1) is 19.8 Å². The first kappa shape index (κ1) is 13.9. The van der Waals surface area contributed by atoms with Crippen molar-refractivity contribution in [3.8, 4) is 0 Å². The molecule has 1 atom stereocenters. The maximum absolute atomic E-state index is 13.7. The van der Waals surface area contributed by atoms with Gasteiger partial charge in [0.15, 0.2) is 6.10 Å². The Morgan fingerprint density at radius 1 is 1.47 bits per heavy atom. The lowest BCUT2D eigenvalue weighted by molar-refractivity contribution is -0.147. The Kier molecular flexibility index (Phi) is 4.84. The standard InChI is InChI=1S/C13H17FN2O3/c14-11-5-9(6-15)1-2-10(11)7-16-13(17)12-8-18-3-4-19-12/h1-2,5,12H,3-4,6-8,15H2,(H,16,17). The van der Waals surface area contributed by atoms with E-state index >= 15 is 0 Å². The van der Waals surface area contributed by atoms with E-state index in [-0.39, 0.29) is 31.4 Å². The molecule has 0 aromatic heterocycles. The monoisotopic (exact) mass is 268 g/mol. The SMILES string of the molecule is NCc1ccc(CNC(=O)C2COCCO2)c(F)c1. The molecule has 1 aromatic carbocycles. The first-order valence-electron chi connectivity index (χ1n) is 6.15. The summed E-state index contributed by atoms with van der Waals surface area (Å²) in [6.07, 6.45) is -0.611. The van der Waals surface area contributed by atoms with Crippen molar-refractivity contribution < 1.29 is 18.7 Å². The largest absolute Gasteiger partial charge is 0.376 e. The van der Waals surface area contributed by atoms with E-state index in [0.717, 1.165) is 5.56 Å². The highest BCUT2D eigenvalue weighted by atomic mass is 19.1. The molecular formula is C13H17FN2O3. The normalized spacial score (nSPS) is 19.2. The zero-order valence-corrected chi connectivity index (χ0v) is 10.5. The summed E-state index contributed by atoms with van der Waals surface area (Å²) in [6.45, 7) is 1.54. The third kappa shape index (κ3) is 3.73. The average Bonchev–Trinajstić information content (AvgIpc) is 2.46. The first-order chi connectivity index (χ1) is 9.20. The van der Waals surface area contributed by atoms with Gasteiger partial charge in [-0.2, -0.15) is 0 Å². The topological polar surface area (TPSA) is 73.6 Å². The Morgan fingerprint density at radius 2 is 2.32 bits per heavy atom. The van der Waals surface area contributed by atoms with E-state index in [1.165, 1.54) is 6.07 Å². The molecule has 1 amide bonds. The number of halogens is 1. The Bertz CT molecular complexity index is 448. The molecule has 0 radical (unpaired) electrons. The van der Waals surface area contributed by atoms with Crippen molar-refractivity contribution in [2.24, 2.45) is 5.73 Å². The minimum Gasteiger partial charge on any atom is -0.376 e. The number of nitrogens with one attached hydrogen (secondary N) is 1. The third-order valence-electron chi connectivity index (χ3n) is 2.91. The number of carbonyl (C=O) groups is 1. The summed E-state index contributed by atoms with van der Waals surface area (Å²) >= 11 is 0. The number of amides is 1. The van der Waals surface area contributed by atoms with Crippen molar-refractivity contribution in [1.82, 2.24) is 5.32 Å². The van der Waals surface area contributed by atoms with Gasteiger partial charge in [0.1, 0.15) is 5.82 Å². The number of ether oxygens (including phenoxy) is 2. The van der Waals surface area contributed by atoms with Crippen LogP contribution in [0.3, 0.4) is 0 Å². The van der Waals surface area contributed by atoms with Crippen LogP contribution in [0.2, 0.25) is 0 Å². The van der Waals surface area contributed by atoms with E-state index in [9.17, 15) is 9.18 Å². The quantitative estimate of drug-likeness (QED) is 0.824. The number of benzene rings is 1. The number of hydrogen-bond donors (Lipinski definition) is 2. The molecule has 0 saturated carbocycles. The fraction of sp³-hybridized carbons (Fsp3) is 0.462. The van der Waals surface area contributed by atoms with Crippen molar-refractivity contribution in [1.29, 1.82) is 0 Å². The Morgan fingerprint density at radius 3 is 2.95 bits per heavy atom. The van der Waals surface area contributed by atoms with Crippen LogP contribution in [0.1, 0.15) is 11.1 Å². The Balaban J connectivity index is 1.89. The smallest absolute Gasteiger partial charge is 0.251 e. The van der Waals surface area contributed by atoms with E-state index in [1.807, 2.05) is 0 Å². The van der Waals surface area contributed by atoms with Crippen LogP contribution < -0.4 is 11.1 Å². The maximum atomic E-state index is 13.7. The van der Waals surface area contributed by atoms with Gasteiger partial charge in [-0.05, 0) is 11.6 Å². The molecule has 0 spiro atoms. The summed E-state index contributed by atoms with van der Waals surface area (Å²) in [7, 11) is 0. The highest BCUT2D eigenvalue weighted by Gasteiger charge is 2.22. The Hall–Kier alpha value is -1.50. The molecule has 5 nitrogen and oxygen atoms in total. The van der Waals surface area contributed by atoms with Crippen LogP contribution in [-0.2, 0) is 27.4 Å². The number of rotatable bonds is 4. The van der Waals surface area contributed by atoms with Gasteiger partial charge in [-0.15, -0.1) is 0 Å². The molecule has 1 unspecified atom stereocenters. The summed E-state index contributed by atoms with van der Waals surface area (Å²) in [6, 6.07) is 4.74. The second kappa shape index (κ2) is 6.60. The van der Waals surface area contributed by atoms with Crippen molar-refractivity contribution in [2.45, 2.75) is 19.2 Å². The van der Waals surface area contributed by atoms with Crippen molar-refractivity contribution in [2.75, 3.05) is 19.8 Å². The number of carbonyl (C=O) groups excluding carboxylic acids is 1. The third-order valence-corrected chi connectivity index (χ3v) is 2.91. The summed E-state index contributed by atoms with van der Waals surface area (Å²) < 4.78 is 24.1. The zero-order valence-electron chi connectivity index (χ0n) is 10.5. The van der Waals surface area contributed by atoms with Gasteiger partial charge >= 0.3 is 0 Å². The summed E-state index contributed by atoms with van der Waals surface area (Å²) in [5.74, 6) is -0.661. The highest BCUT2D eigenvalue weighted by molar-refractivity contribution is 5.80. The van der Waals surface area contributed by atoms with Crippen LogP contribution in [0.25, 0.3) is 0 Å². The van der Waals surface area contributed by atoms with Gasteiger partial charge in [0, 0.05) is 18.7 Å². The molecule has 1 saturated heterocycles. The second-order valence-corrected chi connectivity index (χ2v) is 4.28. The fourth-order valence-corrected chi connectivity index (χ4v) is 1.80. The molecule has 2 rings (SSSR count). The van der Waals surface area contributed by atoms with Crippen LogP contribution in [0, 0.1) is 5.82 Å². The minimum absolute atomic E-state index is 0.120. The van der Waals surface area contributed by atoms with E-state index in [4.69, 9.17) is 15.2 Å². The molecular weight excluding hydrogens is 251 g/mol. The van der Waals surface area contributed by atoms with Gasteiger partial charge in [-0.3, -0.25) is 4.79 Å². The molecule has 3 N–H and O–H groups in total. The molecule has 104 valence electrons. The molecule has 1 aliphatic rings. The van der Waals surface area contributed by atoms with Gasteiger partial charge < -0.3 is 20.5 Å². The van der Waals surface area contributed by atoms with E-state index in [0.29, 0.717) is 18.8 Å². The van der Waals surface area contributed by atoms with Gasteiger partial charge in [0.25, 0.3) is 5.91 Å². The van der Waals surface area contributed by atoms with E-state index in [1.54, 1.807) is 12.1 Å². The van der Waals surface area contributed by atoms with E-state index in [2.05, 4.69) is 5.32 Å². The van der Waals surface area contributed by atoms with Crippen molar-refractivity contribution in [3.63, 3.8) is 0 Å². The summed E-state index contributed by atoms with van der Waals surface area (Å²) in [5, 5.41) is 2.63. The van der Waals surface area contributed by atoms with Crippen LogP contribution in [0.4, 0.5) is 4.39 Å². The van der Waals surface area contributed by atoms with Crippen LogP contribution >= 0.6 is 0 Å². The lowest BCUT2D eigenvalue weighted by Crippen LogP contribution is -2.42. The number of nitrogens with two attached hydrogens (primary N) is 1. The lowest BCUT2D eigenvalue weighted by atomic mass is 10.1. The van der Waals surface area contributed by atoms with Gasteiger partial charge in [0.2, 0.25) is 0 Å². The molecule has 1 aliphatic heterocycles. The first-order valence-corrected chi connectivity index (χ1v) is 6.15. The highest BCUT2D eigenvalue weighted by Crippen LogP contribution is 2.10. The predicted molar refractivity (Wildman–Crippen MR) is 66.7 cm³/mol. The van der Waals surface area contributed by atoms with Gasteiger partial charge in [-0.1, -0.05) is 12.1 Å². The molecule has 6 heteroatoms. The molecule has 1 fully saturated rings. The molecule has 1 heterocycles. The van der Waals surface area contributed by atoms with E-state index < -0.39 is 6.10 Å². The second-order valence-electron chi connectivity index (χ2n) is 4.28. The van der Waals surface area contributed by atoms with Crippen molar-refractivity contribution >= 4 is 5.91 Å². The summed E-state index contributed by atoms with van der Waals surface area (Å²) in [5.41, 5.74) is 6.56. The lowest BCUT2D eigenvalue weighted by Gasteiger charge is -2.22. The van der Waals surface area contributed by atoms with Crippen LogP contribution in [-0.4, -0.2) is 31.8 Å². The molecule has 19 heavy (non-hydrogen) atoms. The maximum Gasteiger partial charge on any atom is 0.251 e. The average molecular weight is 268 g/mol. The molecule has 0 bridgehead atoms. The Labute approximate surface area is 110 Å². The van der Waals surface area contributed by atoms with Gasteiger partial charge in [-0.25, -0.2) is 4.39 Å². The van der Waals surface area contributed by atoms with Crippen molar-refractivity contribution in [3.05, 3.63) is 35.1 Å². The van der Waals surface area contributed by atoms with Crippen LogP contribution in [0.5, 0.6) is 0 Å². The summed E-state index contributed by atoms with van der Waals surface area (Å²) in [4.78, 5) is 11.7. The fourth-order valence-electron chi connectivity index (χ4n) is 1.80. The molecule has 1 aromatic rings. The van der Waals surface area contributed by atoms with Crippen LogP contribution in [0.15, 0.2) is 18.2 Å². The predicted octanol–water partition coefficient (Wildman–Crippen LogP) is 0.316. The minimum atomic E-state index is -0.611.